The molecule has 0 bridgehead atoms. The zero-order valence-electron chi connectivity index (χ0n) is 9.82. The van der Waals surface area contributed by atoms with Gasteiger partial charge in [0.1, 0.15) is 11.4 Å². The van der Waals surface area contributed by atoms with Crippen LogP contribution in [0.2, 0.25) is 5.02 Å². The molecule has 0 amide bonds. The van der Waals surface area contributed by atoms with Gasteiger partial charge in [-0.1, -0.05) is 16.8 Å². The van der Waals surface area contributed by atoms with E-state index in [9.17, 15) is 0 Å². The van der Waals surface area contributed by atoms with Crippen molar-refractivity contribution in [3.63, 3.8) is 0 Å². The molecule has 1 aromatic carbocycles. The van der Waals surface area contributed by atoms with Gasteiger partial charge in [-0.25, -0.2) is 0 Å². The van der Waals surface area contributed by atoms with Gasteiger partial charge in [0.25, 0.3) is 0 Å². The summed E-state index contributed by atoms with van der Waals surface area (Å²) in [4.78, 5) is 7.33. The summed E-state index contributed by atoms with van der Waals surface area (Å²) in [7, 11) is 1.62. The molecule has 3 rings (SSSR count). The van der Waals surface area contributed by atoms with Crippen LogP contribution in [0.15, 0.2) is 22.7 Å². The summed E-state index contributed by atoms with van der Waals surface area (Å²) in [6.07, 6.45) is 0. The van der Waals surface area contributed by atoms with Crippen LogP contribution in [0.4, 0.5) is 0 Å². The number of methoxy groups -OCH3 is 1. The van der Waals surface area contributed by atoms with Crippen molar-refractivity contribution in [2.75, 3.05) is 7.11 Å². The van der Waals surface area contributed by atoms with Crippen molar-refractivity contribution in [3.8, 4) is 17.3 Å². The van der Waals surface area contributed by atoms with E-state index in [1.54, 1.807) is 14.0 Å². The molecule has 18 heavy (non-hydrogen) atoms. The Morgan fingerprint density at radius 1 is 1.39 bits per heavy atom. The third-order valence-corrected chi connectivity index (χ3v) is 3.09. The number of nitrogens with one attached hydrogen (secondary N) is 1. The van der Waals surface area contributed by atoms with Crippen LogP contribution >= 0.6 is 11.6 Å². The van der Waals surface area contributed by atoms with Crippen LogP contribution < -0.4 is 4.74 Å². The number of hydrogen-bond donors (Lipinski definition) is 1. The standard InChI is InChI=1S/C12H10ClN3O2/c1-6-14-12(16-18-6)11-10(13)8-5-7(17-2)3-4-9(8)15-11/h3-5,15H,1-2H3. The van der Waals surface area contributed by atoms with Crippen LogP contribution in [-0.4, -0.2) is 22.2 Å². The second-order valence-corrected chi connectivity index (χ2v) is 4.24. The Bertz CT molecular complexity index is 717. The zero-order chi connectivity index (χ0) is 12.7. The molecule has 6 heteroatoms. The van der Waals surface area contributed by atoms with Crippen LogP contribution in [0, 0.1) is 6.92 Å². The Morgan fingerprint density at radius 2 is 2.22 bits per heavy atom. The molecule has 0 atom stereocenters. The number of rotatable bonds is 2. The number of aromatic nitrogens is 3. The highest BCUT2D eigenvalue weighted by Gasteiger charge is 2.16. The number of aromatic amines is 1. The van der Waals surface area contributed by atoms with Gasteiger partial charge in [0.05, 0.1) is 12.1 Å². The number of halogens is 1. The monoisotopic (exact) mass is 263 g/mol. The highest BCUT2D eigenvalue weighted by atomic mass is 35.5. The van der Waals surface area contributed by atoms with Crippen molar-refractivity contribution < 1.29 is 9.26 Å². The first-order valence-corrected chi connectivity index (χ1v) is 5.72. The summed E-state index contributed by atoms with van der Waals surface area (Å²) < 4.78 is 10.1. The molecule has 0 saturated heterocycles. The van der Waals surface area contributed by atoms with Gasteiger partial charge in [-0.15, -0.1) is 0 Å². The lowest BCUT2D eigenvalue weighted by Crippen LogP contribution is -1.80. The largest absolute Gasteiger partial charge is 0.497 e. The number of fused-ring (bicyclic) bond motifs is 1. The Morgan fingerprint density at radius 3 is 2.89 bits per heavy atom. The molecule has 92 valence electrons. The molecule has 1 N–H and O–H groups in total. The van der Waals surface area contributed by atoms with Gasteiger partial charge < -0.3 is 14.2 Å². The summed E-state index contributed by atoms with van der Waals surface area (Å²) in [5, 5.41) is 5.28. The fraction of sp³-hybridized carbons (Fsp3) is 0.167. The van der Waals surface area contributed by atoms with E-state index in [1.165, 1.54) is 0 Å². The van der Waals surface area contributed by atoms with E-state index in [-0.39, 0.29) is 0 Å². The number of aryl methyl sites for hydroxylation is 1. The summed E-state index contributed by atoms with van der Waals surface area (Å²) in [6.45, 7) is 1.73. The Balaban J connectivity index is 2.22. The highest BCUT2D eigenvalue weighted by Crippen LogP contribution is 2.34. The second-order valence-electron chi connectivity index (χ2n) is 3.86. The van der Waals surface area contributed by atoms with Gasteiger partial charge in [0.2, 0.25) is 11.7 Å². The fourth-order valence-corrected chi connectivity index (χ4v) is 2.11. The predicted molar refractivity (Wildman–Crippen MR) is 67.9 cm³/mol. The molecular formula is C12H10ClN3O2. The van der Waals surface area contributed by atoms with E-state index in [4.69, 9.17) is 20.9 Å². The average Bonchev–Trinajstić information content (AvgIpc) is 2.94. The minimum atomic E-state index is 0.452. The third-order valence-electron chi connectivity index (χ3n) is 2.69. The van der Waals surface area contributed by atoms with Gasteiger partial charge in [0, 0.05) is 17.8 Å². The first-order chi connectivity index (χ1) is 8.69. The van der Waals surface area contributed by atoms with E-state index in [2.05, 4.69) is 15.1 Å². The molecule has 0 unspecified atom stereocenters. The third kappa shape index (κ3) is 1.64. The molecule has 3 aromatic rings. The quantitative estimate of drug-likeness (QED) is 0.771. The maximum absolute atomic E-state index is 6.32. The van der Waals surface area contributed by atoms with Crippen LogP contribution in [0.5, 0.6) is 5.75 Å². The van der Waals surface area contributed by atoms with Gasteiger partial charge in [-0.05, 0) is 18.2 Å². The van der Waals surface area contributed by atoms with Crippen LogP contribution in [-0.2, 0) is 0 Å². The SMILES string of the molecule is COc1ccc2[nH]c(-c3noc(C)n3)c(Cl)c2c1. The van der Waals surface area contributed by atoms with Crippen molar-refractivity contribution in [2.45, 2.75) is 6.92 Å². The van der Waals surface area contributed by atoms with E-state index in [1.807, 2.05) is 18.2 Å². The highest BCUT2D eigenvalue weighted by molar-refractivity contribution is 6.38. The molecule has 0 aliphatic heterocycles. The number of benzene rings is 1. The normalized spacial score (nSPS) is 11.1. The average molecular weight is 264 g/mol. The molecule has 0 fully saturated rings. The van der Waals surface area contributed by atoms with E-state index in [0.717, 1.165) is 16.7 Å². The van der Waals surface area contributed by atoms with Crippen molar-refractivity contribution in [1.82, 2.24) is 15.1 Å². The molecule has 5 nitrogen and oxygen atoms in total. The first-order valence-electron chi connectivity index (χ1n) is 5.35. The second kappa shape index (κ2) is 4.03. The van der Waals surface area contributed by atoms with E-state index < -0.39 is 0 Å². The summed E-state index contributed by atoms with van der Waals surface area (Å²) >= 11 is 6.32. The Hall–Kier alpha value is -2.01. The smallest absolute Gasteiger partial charge is 0.223 e. The fourth-order valence-electron chi connectivity index (χ4n) is 1.82. The number of hydrogen-bond acceptors (Lipinski definition) is 4. The Labute approximate surface area is 108 Å². The van der Waals surface area contributed by atoms with Crippen molar-refractivity contribution >= 4 is 22.5 Å². The molecule has 0 aliphatic carbocycles. The lowest BCUT2D eigenvalue weighted by Gasteiger charge is -1.98. The maximum Gasteiger partial charge on any atom is 0.223 e. The van der Waals surface area contributed by atoms with Crippen molar-refractivity contribution in [1.29, 1.82) is 0 Å². The minimum Gasteiger partial charge on any atom is -0.497 e. The summed E-state index contributed by atoms with van der Waals surface area (Å²) in [6, 6.07) is 5.63. The van der Waals surface area contributed by atoms with Crippen LogP contribution in [0.1, 0.15) is 5.89 Å². The number of ether oxygens (including phenoxy) is 1. The van der Waals surface area contributed by atoms with Gasteiger partial charge in [-0.3, -0.25) is 0 Å². The van der Waals surface area contributed by atoms with Gasteiger partial charge in [-0.2, -0.15) is 4.98 Å². The maximum atomic E-state index is 6.32. The molecule has 0 spiro atoms. The lowest BCUT2D eigenvalue weighted by atomic mass is 10.2. The molecular weight excluding hydrogens is 254 g/mol. The van der Waals surface area contributed by atoms with E-state index >= 15 is 0 Å². The molecule has 2 aromatic heterocycles. The molecule has 0 aliphatic rings. The van der Waals surface area contributed by atoms with Crippen molar-refractivity contribution in [2.24, 2.45) is 0 Å². The zero-order valence-corrected chi connectivity index (χ0v) is 10.6. The van der Waals surface area contributed by atoms with Crippen LogP contribution in [0.25, 0.3) is 22.4 Å². The molecule has 0 saturated carbocycles. The molecule has 2 heterocycles. The summed E-state index contributed by atoms with van der Waals surface area (Å²) in [5.74, 6) is 1.70. The van der Waals surface area contributed by atoms with E-state index in [0.29, 0.717) is 22.4 Å². The predicted octanol–water partition coefficient (Wildman–Crippen LogP) is 3.19. The van der Waals surface area contributed by atoms with Gasteiger partial charge >= 0.3 is 0 Å². The van der Waals surface area contributed by atoms with Gasteiger partial charge in [0.15, 0.2) is 0 Å². The van der Waals surface area contributed by atoms with Crippen LogP contribution in [0.3, 0.4) is 0 Å². The topological polar surface area (TPSA) is 63.9 Å². The summed E-state index contributed by atoms with van der Waals surface area (Å²) in [5.41, 5.74) is 1.55. The Kier molecular flexibility index (Phi) is 2.48. The lowest BCUT2D eigenvalue weighted by molar-refractivity contribution is 0.394. The van der Waals surface area contributed by atoms with Crippen molar-refractivity contribution in [3.05, 3.63) is 29.1 Å². The molecule has 0 radical (unpaired) electrons. The number of H-pyrrole nitrogens is 1. The minimum absolute atomic E-state index is 0.452. The number of nitrogens with zero attached hydrogens (tertiary/aromatic N) is 2. The first kappa shape index (κ1) is 11.1.